The molecule has 0 aliphatic heterocycles. The number of hydrogen-bond donors (Lipinski definition) is 0. The van der Waals surface area contributed by atoms with Crippen LogP contribution in [-0.2, 0) is 12.7 Å². The molecule has 16 heavy (non-hydrogen) atoms. The molecule has 0 atom stereocenters. The fourth-order valence-electron chi connectivity index (χ4n) is 1.47. The van der Waals surface area contributed by atoms with Crippen molar-refractivity contribution >= 4 is 15.9 Å². The van der Waals surface area contributed by atoms with E-state index >= 15 is 0 Å². The van der Waals surface area contributed by atoms with Gasteiger partial charge in [-0.05, 0) is 40.8 Å². The summed E-state index contributed by atoms with van der Waals surface area (Å²) in [7, 11) is 0. The van der Waals surface area contributed by atoms with Crippen molar-refractivity contribution in [1.29, 1.82) is 0 Å². The van der Waals surface area contributed by atoms with Crippen molar-refractivity contribution < 1.29 is 13.2 Å². The Hall–Kier alpha value is -0.780. The molecule has 88 valence electrons. The lowest BCUT2D eigenvalue weighted by Gasteiger charge is -2.11. The van der Waals surface area contributed by atoms with E-state index in [1.807, 2.05) is 0 Å². The molecule has 1 aliphatic rings. The van der Waals surface area contributed by atoms with Crippen LogP contribution in [0.25, 0.3) is 0 Å². The summed E-state index contributed by atoms with van der Waals surface area (Å²) in [5.74, 6) is 0.355. The molecule has 1 saturated carbocycles. The first-order valence-electron chi connectivity index (χ1n) is 4.85. The normalized spacial score (nSPS) is 16.5. The molecule has 1 aliphatic carbocycles. The highest BCUT2D eigenvalue weighted by molar-refractivity contribution is 9.10. The number of alkyl halides is 3. The van der Waals surface area contributed by atoms with Gasteiger partial charge in [-0.25, -0.2) is 0 Å². The highest BCUT2D eigenvalue weighted by Gasteiger charge is 2.32. The predicted octanol–water partition coefficient (Wildman–Crippen LogP) is 3.04. The van der Waals surface area contributed by atoms with E-state index < -0.39 is 17.3 Å². The Balaban J connectivity index is 2.42. The Morgan fingerprint density at radius 2 is 2.06 bits per heavy atom. The van der Waals surface area contributed by atoms with E-state index in [0.29, 0.717) is 12.5 Å². The van der Waals surface area contributed by atoms with Crippen LogP contribution in [-0.4, -0.2) is 4.57 Å². The second-order valence-electron chi connectivity index (χ2n) is 3.98. The predicted molar refractivity (Wildman–Crippen MR) is 56.1 cm³/mol. The Labute approximate surface area is 98.2 Å². The van der Waals surface area contributed by atoms with Gasteiger partial charge in [0, 0.05) is 12.7 Å². The third kappa shape index (κ3) is 2.48. The van der Waals surface area contributed by atoms with Gasteiger partial charge < -0.3 is 4.57 Å². The highest BCUT2D eigenvalue weighted by atomic mass is 79.9. The van der Waals surface area contributed by atoms with Gasteiger partial charge in [0.2, 0.25) is 0 Å². The molecule has 0 amide bonds. The smallest absolute Gasteiger partial charge is 0.314 e. The number of rotatable bonds is 2. The molecule has 1 heterocycles. The summed E-state index contributed by atoms with van der Waals surface area (Å²) in [5, 5.41) is 0. The van der Waals surface area contributed by atoms with E-state index in [4.69, 9.17) is 0 Å². The maximum atomic E-state index is 12.5. The number of aromatic nitrogens is 1. The average molecular weight is 296 g/mol. The lowest BCUT2D eigenvalue weighted by molar-refractivity contribution is -0.138. The van der Waals surface area contributed by atoms with Gasteiger partial charge in [-0.1, -0.05) is 0 Å². The molecule has 2 nitrogen and oxygen atoms in total. The van der Waals surface area contributed by atoms with Crippen molar-refractivity contribution in [1.82, 2.24) is 4.57 Å². The Bertz CT molecular complexity index is 462. The van der Waals surface area contributed by atoms with E-state index in [-0.39, 0.29) is 4.47 Å². The first kappa shape index (κ1) is 11.7. The summed E-state index contributed by atoms with van der Waals surface area (Å²) in [6.45, 7) is 0.376. The summed E-state index contributed by atoms with van der Waals surface area (Å²) in [6, 6.07) is 0.825. The molecule has 2 rings (SSSR count). The molecule has 0 radical (unpaired) electrons. The van der Waals surface area contributed by atoms with Gasteiger partial charge in [-0.2, -0.15) is 13.2 Å². The minimum atomic E-state index is -4.42. The number of pyridine rings is 1. The third-order valence-corrected chi connectivity index (χ3v) is 3.09. The zero-order valence-electron chi connectivity index (χ0n) is 8.22. The quantitative estimate of drug-likeness (QED) is 0.822. The van der Waals surface area contributed by atoms with Crippen LogP contribution in [0.15, 0.2) is 21.5 Å². The highest BCUT2D eigenvalue weighted by Crippen LogP contribution is 2.32. The fraction of sp³-hybridized carbons (Fsp3) is 0.500. The lowest BCUT2D eigenvalue weighted by atomic mass is 10.2. The summed E-state index contributed by atoms with van der Waals surface area (Å²) >= 11 is 2.87. The molecule has 0 N–H and O–H groups in total. The molecule has 0 aromatic carbocycles. The molecule has 6 heteroatoms. The van der Waals surface area contributed by atoms with E-state index in [1.165, 1.54) is 0 Å². The maximum Gasteiger partial charge on any atom is 0.417 e. The minimum absolute atomic E-state index is 0.0389. The van der Waals surface area contributed by atoms with Crippen molar-refractivity contribution in [2.45, 2.75) is 25.6 Å². The SMILES string of the molecule is O=c1c(Br)cc(C(F)(F)F)cn1CC1CC1. The Kier molecular flexibility index (Phi) is 2.86. The van der Waals surface area contributed by atoms with Gasteiger partial charge >= 0.3 is 6.18 Å². The van der Waals surface area contributed by atoms with Gasteiger partial charge in [0.05, 0.1) is 10.0 Å². The second-order valence-corrected chi connectivity index (χ2v) is 4.83. The van der Waals surface area contributed by atoms with E-state index in [0.717, 1.165) is 29.7 Å². The Morgan fingerprint density at radius 3 is 2.56 bits per heavy atom. The topological polar surface area (TPSA) is 22.0 Å². The molecule has 0 unspecified atom stereocenters. The van der Waals surface area contributed by atoms with Crippen LogP contribution < -0.4 is 5.56 Å². The molecular formula is C10H9BrF3NO. The van der Waals surface area contributed by atoms with Crippen molar-refractivity contribution in [2.75, 3.05) is 0 Å². The van der Waals surface area contributed by atoms with Gasteiger partial charge in [0.1, 0.15) is 0 Å². The minimum Gasteiger partial charge on any atom is -0.314 e. The van der Waals surface area contributed by atoms with Gasteiger partial charge in [-0.15, -0.1) is 0 Å². The fourth-order valence-corrected chi connectivity index (χ4v) is 1.94. The molecule has 0 bridgehead atoms. The number of hydrogen-bond acceptors (Lipinski definition) is 1. The van der Waals surface area contributed by atoms with Crippen LogP contribution in [0.1, 0.15) is 18.4 Å². The molecule has 1 fully saturated rings. The summed E-state index contributed by atoms with van der Waals surface area (Å²) in [4.78, 5) is 11.6. The summed E-state index contributed by atoms with van der Waals surface area (Å²) < 4.78 is 38.6. The van der Waals surface area contributed by atoms with Crippen LogP contribution in [0.5, 0.6) is 0 Å². The van der Waals surface area contributed by atoms with Gasteiger partial charge in [0.25, 0.3) is 5.56 Å². The van der Waals surface area contributed by atoms with Crippen molar-refractivity contribution in [3.05, 3.63) is 32.7 Å². The maximum absolute atomic E-state index is 12.5. The van der Waals surface area contributed by atoms with Crippen molar-refractivity contribution in [3.8, 4) is 0 Å². The molecule has 1 aromatic heterocycles. The lowest BCUT2D eigenvalue weighted by Crippen LogP contribution is -2.23. The van der Waals surface area contributed by atoms with Crippen molar-refractivity contribution in [2.24, 2.45) is 5.92 Å². The number of nitrogens with zero attached hydrogens (tertiary/aromatic N) is 1. The van der Waals surface area contributed by atoms with E-state index in [1.54, 1.807) is 0 Å². The number of halogens is 4. The molecule has 1 aromatic rings. The third-order valence-electron chi connectivity index (χ3n) is 2.52. The summed E-state index contributed by atoms with van der Waals surface area (Å²) in [6.07, 6.45) is -1.55. The molecule has 0 saturated heterocycles. The van der Waals surface area contributed by atoms with Gasteiger partial charge in [0.15, 0.2) is 0 Å². The van der Waals surface area contributed by atoms with Gasteiger partial charge in [-0.3, -0.25) is 4.79 Å². The first-order chi connectivity index (χ1) is 7.38. The van der Waals surface area contributed by atoms with E-state index in [9.17, 15) is 18.0 Å². The van der Waals surface area contributed by atoms with Crippen LogP contribution in [0.3, 0.4) is 0 Å². The van der Waals surface area contributed by atoms with Crippen molar-refractivity contribution in [3.63, 3.8) is 0 Å². The van der Waals surface area contributed by atoms with Crippen LogP contribution in [0.2, 0.25) is 0 Å². The first-order valence-corrected chi connectivity index (χ1v) is 5.64. The van der Waals surface area contributed by atoms with Crippen LogP contribution in [0, 0.1) is 5.92 Å². The largest absolute Gasteiger partial charge is 0.417 e. The van der Waals surface area contributed by atoms with Crippen LogP contribution in [0.4, 0.5) is 13.2 Å². The second kappa shape index (κ2) is 3.91. The van der Waals surface area contributed by atoms with E-state index in [2.05, 4.69) is 15.9 Å². The monoisotopic (exact) mass is 295 g/mol. The molecule has 0 spiro atoms. The Morgan fingerprint density at radius 1 is 1.44 bits per heavy atom. The zero-order chi connectivity index (χ0) is 11.9. The summed E-state index contributed by atoms with van der Waals surface area (Å²) in [5.41, 5.74) is -1.19. The molecular weight excluding hydrogens is 287 g/mol. The van der Waals surface area contributed by atoms with Crippen LogP contribution >= 0.6 is 15.9 Å². The zero-order valence-corrected chi connectivity index (χ0v) is 9.81. The average Bonchev–Trinajstić information content (AvgIpc) is 2.94. The standard InChI is InChI=1S/C10H9BrF3NO/c11-8-3-7(10(12,13)14)5-15(9(8)16)4-6-1-2-6/h3,5-6H,1-2,4H2.